The highest BCUT2D eigenvalue weighted by Crippen LogP contribution is 2.13. The Bertz CT molecular complexity index is 392. The topological polar surface area (TPSA) is 50.4 Å². The number of rotatable bonds is 4. The molecule has 1 amide bonds. The highest BCUT2D eigenvalue weighted by molar-refractivity contribution is 5.94. The Balaban J connectivity index is 0.00000162. The van der Waals surface area contributed by atoms with Gasteiger partial charge in [-0.05, 0) is 38.1 Å². The van der Waals surface area contributed by atoms with Crippen molar-refractivity contribution in [3.63, 3.8) is 0 Å². The third-order valence-corrected chi connectivity index (χ3v) is 2.80. The number of ether oxygens (including phenoxy) is 1. The monoisotopic (exact) mass is 270 g/mol. The van der Waals surface area contributed by atoms with Gasteiger partial charge in [-0.3, -0.25) is 4.79 Å². The molecule has 5 heteroatoms. The molecule has 2 N–H and O–H groups in total. The second-order valence-electron chi connectivity index (χ2n) is 4.12. The SMILES string of the molecule is CCOc1cccc(C(=O)NC2CCNC2)c1.Cl. The number of carbonyl (C=O) groups excluding carboxylic acids is 1. The van der Waals surface area contributed by atoms with Crippen LogP contribution in [0.15, 0.2) is 24.3 Å². The van der Waals surface area contributed by atoms with Crippen LogP contribution in [0.5, 0.6) is 5.75 Å². The molecule has 1 aliphatic rings. The maximum Gasteiger partial charge on any atom is 0.251 e. The molecule has 0 saturated carbocycles. The molecule has 1 aliphatic heterocycles. The number of hydrogen-bond donors (Lipinski definition) is 2. The summed E-state index contributed by atoms with van der Waals surface area (Å²) in [6, 6.07) is 7.53. The predicted molar refractivity (Wildman–Crippen MR) is 73.6 cm³/mol. The minimum Gasteiger partial charge on any atom is -0.494 e. The summed E-state index contributed by atoms with van der Waals surface area (Å²) in [7, 11) is 0. The fourth-order valence-electron chi connectivity index (χ4n) is 1.94. The molecule has 18 heavy (non-hydrogen) atoms. The molecule has 0 radical (unpaired) electrons. The number of benzene rings is 1. The first-order valence-corrected chi connectivity index (χ1v) is 6.04. The average molecular weight is 271 g/mol. The molecular weight excluding hydrogens is 252 g/mol. The zero-order valence-electron chi connectivity index (χ0n) is 10.4. The molecular formula is C13H19ClN2O2. The molecule has 100 valence electrons. The summed E-state index contributed by atoms with van der Waals surface area (Å²) in [6.45, 7) is 4.37. The zero-order valence-corrected chi connectivity index (χ0v) is 11.3. The zero-order chi connectivity index (χ0) is 12.1. The summed E-state index contributed by atoms with van der Waals surface area (Å²) >= 11 is 0. The summed E-state index contributed by atoms with van der Waals surface area (Å²) in [5.74, 6) is 0.713. The lowest BCUT2D eigenvalue weighted by atomic mass is 10.1. The lowest BCUT2D eigenvalue weighted by Crippen LogP contribution is -2.36. The fourth-order valence-corrected chi connectivity index (χ4v) is 1.94. The van der Waals surface area contributed by atoms with Gasteiger partial charge in [0.15, 0.2) is 0 Å². The molecule has 1 unspecified atom stereocenters. The Kier molecular flexibility index (Phi) is 5.95. The minimum absolute atomic E-state index is 0. The lowest BCUT2D eigenvalue weighted by Gasteiger charge is -2.12. The van der Waals surface area contributed by atoms with Gasteiger partial charge >= 0.3 is 0 Å². The molecule has 2 rings (SSSR count). The van der Waals surface area contributed by atoms with Crippen molar-refractivity contribution in [1.82, 2.24) is 10.6 Å². The highest BCUT2D eigenvalue weighted by Gasteiger charge is 2.17. The van der Waals surface area contributed by atoms with Crippen LogP contribution >= 0.6 is 12.4 Å². The number of amides is 1. The van der Waals surface area contributed by atoms with E-state index in [1.54, 1.807) is 12.1 Å². The first-order valence-electron chi connectivity index (χ1n) is 6.04. The second-order valence-corrected chi connectivity index (χ2v) is 4.12. The lowest BCUT2D eigenvalue weighted by molar-refractivity contribution is 0.0939. The Labute approximate surface area is 114 Å². The van der Waals surface area contributed by atoms with Gasteiger partial charge in [-0.15, -0.1) is 12.4 Å². The van der Waals surface area contributed by atoms with E-state index >= 15 is 0 Å². The van der Waals surface area contributed by atoms with Crippen molar-refractivity contribution in [2.75, 3.05) is 19.7 Å². The van der Waals surface area contributed by atoms with Crippen LogP contribution in [0.3, 0.4) is 0 Å². The largest absolute Gasteiger partial charge is 0.494 e. The normalized spacial score (nSPS) is 17.9. The molecule has 1 aromatic carbocycles. The standard InChI is InChI=1S/C13H18N2O2.ClH/c1-2-17-12-5-3-4-10(8-12)13(16)15-11-6-7-14-9-11;/h3-5,8,11,14H,2,6-7,9H2,1H3,(H,15,16);1H. The predicted octanol–water partition coefficient (Wildman–Crippen LogP) is 1.60. The van der Waals surface area contributed by atoms with Crippen molar-refractivity contribution in [1.29, 1.82) is 0 Å². The van der Waals surface area contributed by atoms with Crippen molar-refractivity contribution in [3.05, 3.63) is 29.8 Å². The Morgan fingerprint density at radius 1 is 1.56 bits per heavy atom. The molecule has 0 bridgehead atoms. The molecule has 1 atom stereocenters. The molecule has 4 nitrogen and oxygen atoms in total. The van der Waals surface area contributed by atoms with Crippen LogP contribution in [0.1, 0.15) is 23.7 Å². The number of nitrogens with one attached hydrogen (secondary N) is 2. The van der Waals surface area contributed by atoms with Gasteiger partial charge in [0.1, 0.15) is 5.75 Å². The van der Waals surface area contributed by atoms with Gasteiger partial charge in [0.25, 0.3) is 5.91 Å². The van der Waals surface area contributed by atoms with Crippen LogP contribution in [-0.2, 0) is 0 Å². The number of hydrogen-bond acceptors (Lipinski definition) is 3. The van der Waals surface area contributed by atoms with Gasteiger partial charge in [0.2, 0.25) is 0 Å². The van der Waals surface area contributed by atoms with Gasteiger partial charge in [-0.1, -0.05) is 6.07 Å². The summed E-state index contributed by atoms with van der Waals surface area (Å²) < 4.78 is 5.37. The third kappa shape index (κ3) is 3.89. The molecule has 1 aromatic rings. The Morgan fingerprint density at radius 3 is 3.06 bits per heavy atom. The maximum absolute atomic E-state index is 12.0. The second kappa shape index (κ2) is 7.24. The van der Waals surface area contributed by atoms with Crippen molar-refractivity contribution >= 4 is 18.3 Å². The van der Waals surface area contributed by atoms with Crippen LogP contribution in [0, 0.1) is 0 Å². The summed E-state index contributed by atoms with van der Waals surface area (Å²) in [6.07, 6.45) is 0.997. The van der Waals surface area contributed by atoms with Gasteiger partial charge in [0.05, 0.1) is 6.61 Å². The van der Waals surface area contributed by atoms with E-state index in [2.05, 4.69) is 10.6 Å². The van der Waals surface area contributed by atoms with E-state index in [0.717, 1.165) is 25.3 Å². The molecule has 1 heterocycles. The van der Waals surface area contributed by atoms with Crippen LogP contribution in [-0.4, -0.2) is 31.6 Å². The third-order valence-electron chi connectivity index (χ3n) is 2.80. The Morgan fingerprint density at radius 2 is 2.39 bits per heavy atom. The van der Waals surface area contributed by atoms with Crippen molar-refractivity contribution in [3.8, 4) is 5.75 Å². The van der Waals surface area contributed by atoms with E-state index in [1.165, 1.54) is 0 Å². The van der Waals surface area contributed by atoms with Crippen LogP contribution in [0.25, 0.3) is 0 Å². The highest BCUT2D eigenvalue weighted by atomic mass is 35.5. The van der Waals surface area contributed by atoms with Gasteiger partial charge < -0.3 is 15.4 Å². The summed E-state index contributed by atoms with van der Waals surface area (Å²) in [4.78, 5) is 12.0. The number of halogens is 1. The van der Waals surface area contributed by atoms with E-state index in [0.29, 0.717) is 12.2 Å². The van der Waals surface area contributed by atoms with E-state index < -0.39 is 0 Å². The quantitative estimate of drug-likeness (QED) is 0.874. The van der Waals surface area contributed by atoms with E-state index in [1.807, 2.05) is 19.1 Å². The maximum atomic E-state index is 12.0. The molecule has 1 saturated heterocycles. The van der Waals surface area contributed by atoms with E-state index in [-0.39, 0.29) is 24.4 Å². The average Bonchev–Trinajstić information content (AvgIpc) is 2.83. The summed E-state index contributed by atoms with van der Waals surface area (Å²) in [5.41, 5.74) is 0.655. The molecule has 0 aliphatic carbocycles. The van der Waals surface area contributed by atoms with Crippen LogP contribution in [0.4, 0.5) is 0 Å². The van der Waals surface area contributed by atoms with Crippen molar-refractivity contribution in [2.24, 2.45) is 0 Å². The first-order chi connectivity index (χ1) is 8.29. The minimum atomic E-state index is -0.0275. The first kappa shape index (κ1) is 14.8. The smallest absolute Gasteiger partial charge is 0.251 e. The van der Waals surface area contributed by atoms with Gasteiger partial charge in [-0.25, -0.2) is 0 Å². The Hall–Kier alpha value is -1.26. The molecule has 0 spiro atoms. The van der Waals surface area contributed by atoms with Crippen LogP contribution in [0.2, 0.25) is 0 Å². The van der Waals surface area contributed by atoms with Gasteiger partial charge in [0, 0.05) is 18.2 Å². The van der Waals surface area contributed by atoms with Crippen LogP contribution < -0.4 is 15.4 Å². The number of carbonyl (C=O) groups is 1. The van der Waals surface area contributed by atoms with Crippen molar-refractivity contribution < 1.29 is 9.53 Å². The molecule has 0 aromatic heterocycles. The summed E-state index contributed by atoms with van der Waals surface area (Å²) in [5, 5.41) is 6.23. The van der Waals surface area contributed by atoms with E-state index in [9.17, 15) is 4.79 Å². The van der Waals surface area contributed by atoms with Crippen molar-refractivity contribution in [2.45, 2.75) is 19.4 Å². The molecule has 1 fully saturated rings. The van der Waals surface area contributed by atoms with E-state index in [4.69, 9.17) is 4.74 Å². The van der Waals surface area contributed by atoms with Gasteiger partial charge in [-0.2, -0.15) is 0 Å². The fraction of sp³-hybridized carbons (Fsp3) is 0.462.